The Balaban J connectivity index is 2.87. The van der Waals surface area contributed by atoms with E-state index in [2.05, 4.69) is 0 Å². The minimum atomic E-state index is -2.15. The summed E-state index contributed by atoms with van der Waals surface area (Å²) >= 11 is 0. The van der Waals surface area contributed by atoms with Gasteiger partial charge in [-0.3, -0.25) is 0 Å². The Hall–Kier alpha value is -2.38. The van der Waals surface area contributed by atoms with Crippen LogP contribution >= 0.6 is 0 Å². The summed E-state index contributed by atoms with van der Waals surface area (Å²) in [5.74, 6) is -14.5. The lowest BCUT2D eigenvalue weighted by atomic mass is 10.0. The van der Waals surface area contributed by atoms with Gasteiger partial charge in [0.05, 0.1) is 5.56 Å². The third-order valence-corrected chi connectivity index (χ3v) is 2.55. The number of rotatable bonds is 1. The Kier molecular flexibility index (Phi) is 3.24. The second-order valence-corrected chi connectivity index (χ2v) is 3.76. The minimum Gasteiger partial charge on any atom is -0.505 e. The molecular formula is C12H4F6O2. The van der Waals surface area contributed by atoms with E-state index in [1.807, 2.05) is 0 Å². The van der Waals surface area contributed by atoms with Gasteiger partial charge in [0.25, 0.3) is 0 Å². The smallest absolute Gasteiger partial charge is 0.204 e. The third-order valence-electron chi connectivity index (χ3n) is 2.55. The van der Waals surface area contributed by atoms with Crippen LogP contribution in [0.3, 0.4) is 0 Å². The van der Waals surface area contributed by atoms with E-state index in [4.69, 9.17) is 10.2 Å². The molecule has 20 heavy (non-hydrogen) atoms. The van der Waals surface area contributed by atoms with Gasteiger partial charge >= 0.3 is 0 Å². The molecule has 0 saturated carbocycles. The van der Waals surface area contributed by atoms with Gasteiger partial charge in [0.1, 0.15) is 5.82 Å². The molecule has 0 atom stereocenters. The van der Waals surface area contributed by atoms with E-state index in [-0.39, 0.29) is 12.1 Å². The first-order valence-corrected chi connectivity index (χ1v) is 4.99. The lowest BCUT2D eigenvalue weighted by Gasteiger charge is -2.10. The van der Waals surface area contributed by atoms with E-state index in [0.29, 0.717) is 0 Å². The van der Waals surface area contributed by atoms with Crippen LogP contribution in [0.4, 0.5) is 26.3 Å². The molecule has 0 aliphatic carbocycles. The van der Waals surface area contributed by atoms with Crippen molar-refractivity contribution in [3.8, 4) is 22.6 Å². The predicted molar refractivity (Wildman–Crippen MR) is 55.0 cm³/mol. The first-order valence-electron chi connectivity index (χ1n) is 4.99. The predicted octanol–water partition coefficient (Wildman–Crippen LogP) is 3.60. The van der Waals surface area contributed by atoms with E-state index in [1.165, 1.54) is 0 Å². The summed E-state index contributed by atoms with van der Waals surface area (Å²) in [6.45, 7) is 0. The lowest BCUT2D eigenvalue weighted by Crippen LogP contribution is -2.02. The highest BCUT2D eigenvalue weighted by molar-refractivity contribution is 5.68. The molecule has 0 unspecified atom stereocenters. The SMILES string of the molecule is Oc1cc(F)c(-c2c(F)c(F)c(O)c(F)c2F)cc1F. The highest BCUT2D eigenvalue weighted by Gasteiger charge is 2.28. The summed E-state index contributed by atoms with van der Waals surface area (Å²) in [6.07, 6.45) is 0. The molecule has 0 heterocycles. The Bertz CT molecular complexity index is 685. The fourth-order valence-electron chi connectivity index (χ4n) is 1.58. The number of phenols is 2. The molecule has 0 amide bonds. The molecule has 2 aromatic carbocycles. The van der Waals surface area contributed by atoms with Crippen LogP contribution < -0.4 is 0 Å². The molecule has 0 saturated heterocycles. The Morgan fingerprint density at radius 3 is 1.65 bits per heavy atom. The maximum atomic E-state index is 13.5. The van der Waals surface area contributed by atoms with Crippen molar-refractivity contribution in [2.75, 3.05) is 0 Å². The second-order valence-electron chi connectivity index (χ2n) is 3.76. The van der Waals surface area contributed by atoms with Gasteiger partial charge in [0.15, 0.2) is 29.0 Å². The van der Waals surface area contributed by atoms with E-state index in [1.54, 1.807) is 0 Å². The average molecular weight is 294 g/mol. The molecule has 0 radical (unpaired) electrons. The van der Waals surface area contributed by atoms with Crippen molar-refractivity contribution in [2.45, 2.75) is 0 Å². The summed E-state index contributed by atoms with van der Waals surface area (Å²) in [6, 6.07) is 0.355. The molecule has 2 nitrogen and oxygen atoms in total. The molecular weight excluding hydrogens is 290 g/mol. The normalized spacial score (nSPS) is 10.9. The lowest BCUT2D eigenvalue weighted by molar-refractivity contribution is 0.358. The standard InChI is InChI=1S/C12H4F6O2/c13-4-2-6(19)5(14)1-3(4)7-8(15)10(17)12(20)11(18)9(7)16/h1-2,19-20H. The van der Waals surface area contributed by atoms with Gasteiger partial charge in [-0.1, -0.05) is 0 Å². The largest absolute Gasteiger partial charge is 0.505 e. The summed E-state index contributed by atoms with van der Waals surface area (Å²) in [5.41, 5.74) is -2.68. The van der Waals surface area contributed by atoms with Crippen LogP contribution in [0.1, 0.15) is 0 Å². The monoisotopic (exact) mass is 294 g/mol. The maximum Gasteiger partial charge on any atom is 0.204 e. The van der Waals surface area contributed by atoms with Crippen molar-refractivity contribution in [3.63, 3.8) is 0 Å². The van der Waals surface area contributed by atoms with Gasteiger partial charge in [-0.05, 0) is 6.07 Å². The zero-order valence-electron chi connectivity index (χ0n) is 9.32. The third kappa shape index (κ3) is 1.93. The van der Waals surface area contributed by atoms with E-state index < -0.39 is 57.5 Å². The van der Waals surface area contributed by atoms with Crippen LogP contribution in [0, 0.1) is 34.9 Å². The molecule has 0 aromatic heterocycles. The molecule has 106 valence electrons. The molecule has 0 bridgehead atoms. The van der Waals surface area contributed by atoms with Crippen molar-refractivity contribution in [1.82, 2.24) is 0 Å². The number of benzene rings is 2. The van der Waals surface area contributed by atoms with E-state index in [9.17, 15) is 26.3 Å². The van der Waals surface area contributed by atoms with Gasteiger partial charge in [-0.15, -0.1) is 0 Å². The summed E-state index contributed by atoms with van der Waals surface area (Å²) in [7, 11) is 0. The molecule has 8 heteroatoms. The molecule has 2 N–H and O–H groups in total. The van der Waals surface area contributed by atoms with Crippen LogP contribution in [0.25, 0.3) is 11.1 Å². The van der Waals surface area contributed by atoms with Gasteiger partial charge in [0.2, 0.25) is 11.6 Å². The highest BCUT2D eigenvalue weighted by atomic mass is 19.2. The zero-order valence-corrected chi connectivity index (χ0v) is 9.32. The van der Waals surface area contributed by atoms with Crippen LogP contribution in [-0.4, -0.2) is 10.2 Å². The van der Waals surface area contributed by atoms with Crippen molar-refractivity contribution in [1.29, 1.82) is 0 Å². The van der Waals surface area contributed by atoms with Crippen LogP contribution in [0.15, 0.2) is 12.1 Å². The molecule has 2 aromatic rings. The Morgan fingerprint density at radius 1 is 0.650 bits per heavy atom. The quantitative estimate of drug-likeness (QED) is 0.623. The first kappa shape index (κ1) is 14.0. The average Bonchev–Trinajstić information content (AvgIpc) is 2.40. The fraction of sp³-hybridized carbons (Fsp3) is 0. The van der Waals surface area contributed by atoms with E-state index >= 15 is 0 Å². The van der Waals surface area contributed by atoms with Gasteiger partial charge < -0.3 is 10.2 Å². The number of hydrogen-bond donors (Lipinski definition) is 2. The summed E-state index contributed by atoms with van der Waals surface area (Å²) in [4.78, 5) is 0. The van der Waals surface area contributed by atoms with Crippen molar-refractivity contribution < 1.29 is 36.6 Å². The second kappa shape index (κ2) is 4.62. The highest BCUT2D eigenvalue weighted by Crippen LogP contribution is 2.37. The van der Waals surface area contributed by atoms with Crippen LogP contribution in [0.5, 0.6) is 11.5 Å². The van der Waals surface area contributed by atoms with Crippen LogP contribution in [-0.2, 0) is 0 Å². The van der Waals surface area contributed by atoms with Crippen molar-refractivity contribution in [2.24, 2.45) is 0 Å². The minimum absolute atomic E-state index is 0.169. The zero-order chi connectivity index (χ0) is 15.2. The van der Waals surface area contributed by atoms with Gasteiger partial charge in [0, 0.05) is 11.6 Å². The summed E-state index contributed by atoms with van der Waals surface area (Å²) < 4.78 is 79.8. The maximum absolute atomic E-state index is 13.5. The Morgan fingerprint density at radius 2 is 1.15 bits per heavy atom. The number of phenolic OH excluding ortho intramolecular Hbond substituents is 2. The van der Waals surface area contributed by atoms with Crippen molar-refractivity contribution in [3.05, 3.63) is 47.0 Å². The molecule has 0 spiro atoms. The number of hydrogen-bond acceptors (Lipinski definition) is 2. The van der Waals surface area contributed by atoms with E-state index in [0.717, 1.165) is 0 Å². The molecule has 2 rings (SSSR count). The van der Waals surface area contributed by atoms with Crippen LogP contribution in [0.2, 0.25) is 0 Å². The summed E-state index contributed by atoms with van der Waals surface area (Å²) in [5, 5.41) is 17.6. The fourth-order valence-corrected chi connectivity index (χ4v) is 1.58. The van der Waals surface area contributed by atoms with Crippen molar-refractivity contribution >= 4 is 0 Å². The van der Waals surface area contributed by atoms with Gasteiger partial charge in [-0.2, -0.15) is 8.78 Å². The topological polar surface area (TPSA) is 40.5 Å². The molecule has 0 aliphatic rings. The first-order chi connectivity index (χ1) is 9.25. The number of aromatic hydroxyl groups is 2. The molecule has 0 aliphatic heterocycles. The number of halogens is 6. The molecule has 0 fully saturated rings. The van der Waals surface area contributed by atoms with Gasteiger partial charge in [-0.25, -0.2) is 17.6 Å². The Labute approximate surface area is 107 Å².